The minimum Gasteiger partial charge on any atom is -0.0801 e. The Morgan fingerprint density at radius 1 is 0.889 bits per heavy atom. The fourth-order valence-corrected chi connectivity index (χ4v) is 4.59. The molecule has 0 heteroatoms. The molecule has 0 amide bonds. The summed E-state index contributed by atoms with van der Waals surface area (Å²) in [7, 11) is 0. The normalized spacial score (nSPS) is 14.4. The number of rotatable bonds is 5. The van der Waals surface area contributed by atoms with Gasteiger partial charge in [-0.2, -0.15) is 0 Å². The van der Waals surface area contributed by atoms with Gasteiger partial charge < -0.3 is 0 Å². The molecule has 0 aromatic heterocycles. The van der Waals surface area contributed by atoms with Gasteiger partial charge in [-0.3, -0.25) is 0 Å². The van der Waals surface area contributed by atoms with Crippen molar-refractivity contribution >= 4 is 17.2 Å². The minimum absolute atomic E-state index is 0.678. The van der Waals surface area contributed by atoms with E-state index >= 15 is 0 Å². The van der Waals surface area contributed by atoms with E-state index in [0.717, 1.165) is 6.42 Å². The summed E-state index contributed by atoms with van der Waals surface area (Å²) in [5.41, 5.74) is 5.99. The second-order valence-electron chi connectivity index (χ2n) is 8.80. The molecular weight excluding hydrogens is 324 g/mol. The first-order chi connectivity index (χ1) is 13.0. The quantitative estimate of drug-likeness (QED) is 0.551. The van der Waals surface area contributed by atoms with Gasteiger partial charge in [0, 0.05) is 0 Å². The van der Waals surface area contributed by atoms with Gasteiger partial charge >= 0.3 is 0 Å². The molecule has 2 aliphatic carbocycles. The molecule has 0 radical (unpaired) electrons. The fourth-order valence-electron chi connectivity index (χ4n) is 4.59. The van der Waals surface area contributed by atoms with Crippen molar-refractivity contribution in [2.75, 3.05) is 0 Å². The van der Waals surface area contributed by atoms with Gasteiger partial charge in [0.05, 0.1) is 0 Å². The molecule has 2 aliphatic rings. The molecule has 2 aromatic carbocycles. The second-order valence-corrected chi connectivity index (χ2v) is 8.80. The lowest BCUT2D eigenvalue weighted by Crippen LogP contribution is -2.17. The van der Waals surface area contributed by atoms with E-state index in [1.165, 1.54) is 50.4 Å². The van der Waals surface area contributed by atoms with Crippen molar-refractivity contribution in [1.29, 1.82) is 0 Å². The Morgan fingerprint density at radius 3 is 2.30 bits per heavy atom. The van der Waals surface area contributed by atoms with Crippen LogP contribution in [0.1, 0.15) is 58.1 Å². The maximum Gasteiger partial charge on any atom is -0.00702 e. The molecule has 0 aliphatic heterocycles. The molecule has 0 N–H and O–H groups in total. The number of fused-ring (bicyclic) bond motifs is 2. The zero-order valence-electron chi connectivity index (χ0n) is 17.0. The van der Waals surface area contributed by atoms with Crippen molar-refractivity contribution in [3.05, 3.63) is 86.6 Å². The van der Waals surface area contributed by atoms with Crippen LogP contribution in [0.15, 0.2) is 54.6 Å². The van der Waals surface area contributed by atoms with E-state index in [1.54, 1.807) is 5.57 Å². The van der Waals surface area contributed by atoms with E-state index in [2.05, 4.69) is 88.4 Å². The average molecular weight is 355 g/mol. The predicted molar refractivity (Wildman–Crippen MR) is 117 cm³/mol. The van der Waals surface area contributed by atoms with E-state index in [4.69, 9.17) is 0 Å². The Labute approximate surface area is 163 Å². The molecule has 0 bridgehead atoms. The monoisotopic (exact) mass is 354 g/mol. The Kier molecular flexibility index (Phi) is 4.91. The molecule has 0 saturated carbocycles. The second kappa shape index (κ2) is 7.35. The highest BCUT2D eigenvalue weighted by Gasteiger charge is 2.16. The first kappa shape index (κ1) is 18.0. The summed E-state index contributed by atoms with van der Waals surface area (Å²) < 4.78 is 0. The van der Waals surface area contributed by atoms with Gasteiger partial charge in [0.2, 0.25) is 0 Å². The average Bonchev–Trinajstić information content (AvgIpc) is 3.27. The number of hydrogen-bond acceptors (Lipinski definition) is 0. The first-order valence-electron chi connectivity index (χ1n) is 10.4. The molecule has 0 atom stereocenters. The van der Waals surface area contributed by atoms with E-state index in [-0.39, 0.29) is 0 Å². The SMILES string of the molecule is CC(C)CC(CC(C)C)=c1ccc2c(c1C1=CC=CC1)C=c1ccccc1=2. The smallest absolute Gasteiger partial charge is 0.00702 e. The molecule has 4 rings (SSSR count). The summed E-state index contributed by atoms with van der Waals surface area (Å²) in [4.78, 5) is 0. The summed E-state index contributed by atoms with van der Waals surface area (Å²) in [6.45, 7) is 9.36. The van der Waals surface area contributed by atoms with Crippen LogP contribution in [0.4, 0.5) is 0 Å². The molecule has 0 heterocycles. The van der Waals surface area contributed by atoms with Crippen molar-refractivity contribution in [1.82, 2.24) is 0 Å². The van der Waals surface area contributed by atoms with Crippen LogP contribution >= 0.6 is 0 Å². The van der Waals surface area contributed by atoms with Crippen LogP contribution in [0, 0.1) is 22.3 Å². The minimum atomic E-state index is 0.678. The van der Waals surface area contributed by atoms with Crippen LogP contribution in [-0.4, -0.2) is 0 Å². The van der Waals surface area contributed by atoms with Gasteiger partial charge in [-0.25, -0.2) is 0 Å². The van der Waals surface area contributed by atoms with Crippen LogP contribution in [0.5, 0.6) is 0 Å². The van der Waals surface area contributed by atoms with Crippen LogP contribution < -0.4 is 10.4 Å². The van der Waals surface area contributed by atoms with Crippen LogP contribution in [0.2, 0.25) is 0 Å². The van der Waals surface area contributed by atoms with E-state index < -0.39 is 0 Å². The third kappa shape index (κ3) is 3.46. The lowest BCUT2D eigenvalue weighted by atomic mass is 9.88. The number of allylic oxidation sites excluding steroid dienone is 4. The largest absolute Gasteiger partial charge is 0.0801 e. The Morgan fingerprint density at radius 2 is 1.63 bits per heavy atom. The molecule has 27 heavy (non-hydrogen) atoms. The zero-order chi connectivity index (χ0) is 19.0. The maximum absolute atomic E-state index is 2.41. The van der Waals surface area contributed by atoms with Gasteiger partial charge in [-0.1, -0.05) is 87.9 Å². The van der Waals surface area contributed by atoms with Crippen LogP contribution in [-0.2, 0) is 0 Å². The van der Waals surface area contributed by atoms with E-state index in [1.807, 2.05) is 0 Å². The standard InChI is InChI=1S/C27H30/c1-18(2)15-22(16-19(3)4)24-13-14-25-23-12-8-7-11-21(23)17-26(25)27(24)20-9-5-6-10-20/h5-9,11-14,17-19H,10,15-16H2,1-4H3. The van der Waals surface area contributed by atoms with E-state index in [0.29, 0.717) is 11.8 Å². The van der Waals surface area contributed by atoms with Crippen LogP contribution in [0.3, 0.4) is 0 Å². The van der Waals surface area contributed by atoms with E-state index in [9.17, 15) is 0 Å². The lowest BCUT2D eigenvalue weighted by Gasteiger charge is -2.17. The summed E-state index contributed by atoms with van der Waals surface area (Å²) in [5.74, 6) is 1.36. The molecule has 0 spiro atoms. The van der Waals surface area contributed by atoms with Gasteiger partial charge in [0.1, 0.15) is 0 Å². The van der Waals surface area contributed by atoms with Crippen molar-refractivity contribution < 1.29 is 0 Å². The third-order valence-corrected chi connectivity index (χ3v) is 5.58. The van der Waals surface area contributed by atoms with Gasteiger partial charge in [0.25, 0.3) is 0 Å². The van der Waals surface area contributed by atoms with Crippen molar-refractivity contribution in [3.63, 3.8) is 0 Å². The molecule has 2 aromatic rings. The van der Waals surface area contributed by atoms with Crippen molar-refractivity contribution in [2.24, 2.45) is 11.8 Å². The highest BCUT2D eigenvalue weighted by molar-refractivity contribution is 5.80. The summed E-state index contributed by atoms with van der Waals surface area (Å²) in [5, 5.41) is 5.61. The molecule has 0 fully saturated rings. The maximum atomic E-state index is 2.41. The van der Waals surface area contributed by atoms with Crippen LogP contribution in [0.25, 0.3) is 17.2 Å². The van der Waals surface area contributed by atoms with Gasteiger partial charge in [-0.05, 0) is 74.7 Å². The first-order valence-corrected chi connectivity index (χ1v) is 10.4. The Balaban J connectivity index is 2.08. The van der Waals surface area contributed by atoms with Crippen molar-refractivity contribution in [2.45, 2.75) is 47.0 Å². The highest BCUT2D eigenvalue weighted by atomic mass is 14.2. The Hall–Kier alpha value is -2.34. The predicted octanol–water partition coefficient (Wildman–Crippen LogP) is 5.70. The van der Waals surface area contributed by atoms with Crippen molar-refractivity contribution in [3.8, 4) is 0 Å². The summed E-state index contributed by atoms with van der Waals surface area (Å²) >= 11 is 0. The lowest BCUT2D eigenvalue weighted by molar-refractivity contribution is 0.613. The number of hydrogen-bond donors (Lipinski definition) is 0. The molecule has 0 unspecified atom stereocenters. The van der Waals surface area contributed by atoms with Gasteiger partial charge in [-0.15, -0.1) is 0 Å². The Bertz CT molecular complexity index is 1130. The summed E-state index contributed by atoms with van der Waals surface area (Å²) in [6, 6.07) is 13.6. The number of benzene rings is 2. The fraction of sp³-hybridized carbons (Fsp3) is 0.333. The van der Waals surface area contributed by atoms with Gasteiger partial charge in [0.15, 0.2) is 0 Å². The topological polar surface area (TPSA) is 0 Å². The molecular formula is C27H30. The third-order valence-electron chi connectivity index (χ3n) is 5.58. The highest BCUT2D eigenvalue weighted by Crippen LogP contribution is 2.28. The zero-order valence-corrected chi connectivity index (χ0v) is 17.0. The summed E-state index contributed by atoms with van der Waals surface area (Å²) in [6.07, 6.45) is 12.6. The molecule has 138 valence electrons. The molecule has 0 nitrogen and oxygen atoms in total. The molecule has 0 saturated heterocycles.